The summed E-state index contributed by atoms with van der Waals surface area (Å²) in [5, 5.41) is 0. The van der Waals surface area contributed by atoms with Gasteiger partial charge in [0.05, 0.1) is 0 Å². The van der Waals surface area contributed by atoms with Gasteiger partial charge in [-0.15, -0.1) is 0 Å². The van der Waals surface area contributed by atoms with Gasteiger partial charge in [-0.3, -0.25) is 0 Å². The number of ether oxygens (including phenoxy) is 1. The van der Waals surface area contributed by atoms with Crippen LogP contribution in [-0.4, -0.2) is 5.97 Å². The molecule has 3 aromatic rings. The van der Waals surface area contributed by atoms with Gasteiger partial charge >= 0.3 is 5.97 Å². The van der Waals surface area contributed by atoms with Crippen LogP contribution in [0.25, 0.3) is 22.3 Å². The quantitative estimate of drug-likeness (QED) is 0.361. The molecule has 24 heavy (non-hydrogen) atoms. The maximum absolute atomic E-state index is 11.6. The Morgan fingerprint density at radius 3 is 1.79 bits per heavy atom. The van der Waals surface area contributed by atoms with Gasteiger partial charge in [0, 0.05) is 5.57 Å². The zero-order valence-electron chi connectivity index (χ0n) is 13.5. The van der Waals surface area contributed by atoms with E-state index in [1.165, 1.54) is 11.1 Å². The lowest BCUT2D eigenvalue weighted by molar-refractivity contribution is -0.130. The van der Waals surface area contributed by atoms with E-state index in [1.807, 2.05) is 42.5 Å². The fourth-order valence-electron chi connectivity index (χ4n) is 2.50. The fraction of sp³-hybridized carbons (Fsp3) is 0.0455. The Kier molecular flexibility index (Phi) is 4.57. The first-order valence-electron chi connectivity index (χ1n) is 7.78. The zero-order valence-corrected chi connectivity index (χ0v) is 13.5. The van der Waals surface area contributed by atoms with E-state index in [2.05, 4.69) is 30.8 Å². The first-order chi connectivity index (χ1) is 11.6. The molecule has 2 heteroatoms. The SMILES string of the molecule is C=C(C)C(=O)Oc1ccc(-c2ccccc2-c2ccccc2)cc1. The van der Waals surface area contributed by atoms with Crippen LogP contribution in [0.4, 0.5) is 0 Å². The third-order valence-electron chi connectivity index (χ3n) is 3.74. The summed E-state index contributed by atoms with van der Waals surface area (Å²) in [6.45, 7) is 5.22. The number of benzene rings is 3. The Morgan fingerprint density at radius 1 is 0.750 bits per heavy atom. The molecule has 0 aliphatic rings. The second-order valence-corrected chi connectivity index (χ2v) is 5.61. The third kappa shape index (κ3) is 3.44. The average Bonchev–Trinajstić information content (AvgIpc) is 2.63. The predicted molar refractivity (Wildman–Crippen MR) is 97.8 cm³/mol. The highest BCUT2D eigenvalue weighted by molar-refractivity contribution is 5.89. The predicted octanol–water partition coefficient (Wildman–Crippen LogP) is 5.50. The van der Waals surface area contributed by atoms with Crippen LogP contribution in [0, 0.1) is 0 Å². The topological polar surface area (TPSA) is 26.3 Å². The first kappa shape index (κ1) is 15.8. The molecule has 3 aromatic carbocycles. The number of hydrogen-bond donors (Lipinski definition) is 0. The Hall–Kier alpha value is -3.13. The molecule has 0 saturated heterocycles. The van der Waals surface area contributed by atoms with Crippen molar-refractivity contribution >= 4 is 5.97 Å². The molecule has 0 aliphatic carbocycles. The van der Waals surface area contributed by atoms with Crippen molar-refractivity contribution in [3.8, 4) is 28.0 Å². The summed E-state index contributed by atoms with van der Waals surface area (Å²) < 4.78 is 5.24. The molecule has 0 radical (unpaired) electrons. The van der Waals surface area contributed by atoms with Gasteiger partial charge in [-0.1, -0.05) is 73.3 Å². The molecule has 0 aliphatic heterocycles. The molecule has 3 rings (SSSR count). The van der Waals surface area contributed by atoms with Gasteiger partial charge in [0.2, 0.25) is 0 Å². The fourth-order valence-corrected chi connectivity index (χ4v) is 2.50. The summed E-state index contributed by atoms with van der Waals surface area (Å²) in [5.41, 5.74) is 4.94. The summed E-state index contributed by atoms with van der Waals surface area (Å²) >= 11 is 0. The minimum Gasteiger partial charge on any atom is -0.423 e. The van der Waals surface area contributed by atoms with Crippen molar-refractivity contribution in [2.45, 2.75) is 6.92 Å². The van der Waals surface area contributed by atoms with Gasteiger partial charge < -0.3 is 4.74 Å². The molecule has 118 valence electrons. The van der Waals surface area contributed by atoms with E-state index < -0.39 is 5.97 Å². The minimum absolute atomic E-state index is 0.383. The molecule has 0 spiro atoms. The number of rotatable bonds is 4. The maximum Gasteiger partial charge on any atom is 0.338 e. The molecule has 0 unspecified atom stereocenters. The highest BCUT2D eigenvalue weighted by Crippen LogP contribution is 2.32. The summed E-state index contributed by atoms with van der Waals surface area (Å²) in [5.74, 6) is 0.108. The molecular formula is C22H18O2. The van der Waals surface area contributed by atoms with Crippen LogP contribution in [0.15, 0.2) is 91.0 Å². The standard InChI is InChI=1S/C22H18O2/c1-16(2)22(23)24-19-14-12-18(13-15-19)21-11-7-6-10-20(21)17-8-4-3-5-9-17/h3-15H,1H2,2H3. The van der Waals surface area contributed by atoms with Gasteiger partial charge in [-0.05, 0) is 41.3 Å². The molecule has 0 amide bonds. The second kappa shape index (κ2) is 6.97. The molecule has 0 fully saturated rings. The highest BCUT2D eigenvalue weighted by atomic mass is 16.5. The van der Waals surface area contributed by atoms with Crippen LogP contribution < -0.4 is 4.74 Å². The molecule has 2 nitrogen and oxygen atoms in total. The molecule has 0 saturated carbocycles. The normalized spacial score (nSPS) is 10.2. The monoisotopic (exact) mass is 314 g/mol. The average molecular weight is 314 g/mol. The van der Waals surface area contributed by atoms with Gasteiger partial charge in [0.25, 0.3) is 0 Å². The molecule has 0 N–H and O–H groups in total. The van der Waals surface area contributed by atoms with E-state index in [0.717, 1.165) is 11.1 Å². The Labute approximate surface area is 142 Å². The van der Waals surface area contributed by atoms with Crippen molar-refractivity contribution in [1.82, 2.24) is 0 Å². The van der Waals surface area contributed by atoms with Crippen molar-refractivity contribution in [2.24, 2.45) is 0 Å². The summed E-state index contributed by atoms with van der Waals surface area (Å²) in [4.78, 5) is 11.6. The Balaban J connectivity index is 1.93. The van der Waals surface area contributed by atoms with Crippen molar-refractivity contribution in [3.05, 3.63) is 91.0 Å². The number of carbonyl (C=O) groups excluding carboxylic acids is 1. The lowest BCUT2D eigenvalue weighted by atomic mass is 9.95. The van der Waals surface area contributed by atoms with E-state index >= 15 is 0 Å². The highest BCUT2D eigenvalue weighted by Gasteiger charge is 2.08. The van der Waals surface area contributed by atoms with E-state index in [0.29, 0.717) is 11.3 Å². The second-order valence-electron chi connectivity index (χ2n) is 5.61. The smallest absolute Gasteiger partial charge is 0.338 e. The van der Waals surface area contributed by atoms with E-state index in [9.17, 15) is 4.79 Å². The van der Waals surface area contributed by atoms with Gasteiger partial charge in [0.1, 0.15) is 5.75 Å². The summed E-state index contributed by atoms with van der Waals surface area (Å²) in [6, 6.07) is 26.1. The Bertz CT molecular complexity index is 862. The third-order valence-corrected chi connectivity index (χ3v) is 3.74. The van der Waals surface area contributed by atoms with Crippen LogP contribution in [0.2, 0.25) is 0 Å². The summed E-state index contributed by atoms with van der Waals surface area (Å²) in [6.07, 6.45) is 0. The van der Waals surface area contributed by atoms with Gasteiger partial charge in [0.15, 0.2) is 0 Å². The molecule has 0 atom stereocenters. The molecular weight excluding hydrogens is 296 g/mol. The zero-order chi connectivity index (χ0) is 16.9. The van der Waals surface area contributed by atoms with Crippen LogP contribution in [0.3, 0.4) is 0 Å². The Morgan fingerprint density at radius 2 is 1.25 bits per heavy atom. The van der Waals surface area contributed by atoms with Crippen molar-refractivity contribution in [3.63, 3.8) is 0 Å². The van der Waals surface area contributed by atoms with E-state index in [1.54, 1.807) is 19.1 Å². The molecule has 0 heterocycles. The lowest BCUT2D eigenvalue weighted by Crippen LogP contribution is -2.07. The van der Waals surface area contributed by atoms with Gasteiger partial charge in [-0.2, -0.15) is 0 Å². The van der Waals surface area contributed by atoms with Crippen LogP contribution in [0.1, 0.15) is 6.92 Å². The van der Waals surface area contributed by atoms with Crippen LogP contribution in [0.5, 0.6) is 5.75 Å². The first-order valence-corrected chi connectivity index (χ1v) is 7.78. The van der Waals surface area contributed by atoms with E-state index in [4.69, 9.17) is 4.74 Å². The number of hydrogen-bond acceptors (Lipinski definition) is 2. The number of carbonyl (C=O) groups is 1. The lowest BCUT2D eigenvalue weighted by Gasteiger charge is -2.11. The van der Waals surface area contributed by atoms with Crippen molar-refractivity contribution in [2.75, 3.05) is 0 Å². The minimum atomic E-state index is -0.410. The molecule has 0 aromatic heterocycles. The maximum atomic E-state index is 11.6. The van der Waals surface area contributed by atoms with E-state index in [-0.39, 0.29) is 0 Å². The van der Waals surface area contributed by atoms with Crippen LogP contribution >= 0.6 is 0 Å². The van der Waals surface area contributed by atoms with Crippen LogP contribution in [-0.2, 0) is 4.79 Å². The summed E-state index contributed by atoms with van der Waals surface area (Å²) in [7, 11) is 0. The largest absolute Gasteiger partial charge is 0.423 e. The molecule has 0 bridgehead atoms. The van der Waals surface area contributed by atoms with Crippen molar-refractivity contribution < 1.29 is 9.53 Å². The van der Waals surface area contributed by atoms with Gasteiger partial charge in [-0.25, -0.2) is 4.79 Å². The number of esters is 1. The van der Waals surface area contributed by atoms with Crippen molar-refractivity contribution in [1.29, 1.82) is 0 Å².